The number of anilines is 2. The Kier molecular flexibility index (Phi) is 5.79. The molecule has 0 heterocycles. The van der Waals surface area contributed by atoms with Crippen LogP contribution in [0.15, 0.2) is 12.1 Å². The number of rotatable bonds is 5. The van der Waals surface area contributed by atoms with Crippen molar-refractivity contribution in [2.24, 2.45) is 0 Å². The number of benzene rings is 1. The summed E-state index contributed by atoms with van der Waals surface area (Å²) in [5, 5.41) is 2.90. The van der Waals surface area contributed by atoms with Crippen molar-refractivity contribution in [1.29, 1.82) is 0 Å². The highest BCUT2D eigenvalue weighted by molar-refractivity contribution is 6.37. The minimum absolute atomic E-state index is 0.189. The van der Waals surface area contributed by atoms with Crippen LogP contribution in [0.25, 0.3) is 0 Å². The van der Waals surface area contributed by atoms with Gasteiger partial charge in [0.15, 0.2) is 0 Å². The third-order valence-corrected chi connectivity index (χ3v) is 2.66. The molecule has 2 N–H and O–H groups in total. The molecule has 0 radical (unpaired) electrons. The fraction of sp³-hybridized carbons (Fsp3) is 0.250. The average molecular weight is 319 g/mol. The topological polar surface area (TPSA) is 84.5 Å². The first-order valence-corrected chi connectivity index (χ1v) is 6.27. The van der Waals surface area contributed by atoms with E-state index < -0.39 is 5.97 Å². The van der Waals surface area contributed by atoms with Gasteiger partial charge in [-0.25, -0.2) is 10.3 Å². The highest BCUT2D eigenvalue weighted by Gasteiger charge is 2.11. The highest BCUT2D eigenvalue weighted by atomic mass is 35.5. The molecule has 0 atom stereocenters. The molecule has 1 aromatic rings. The number of nitrogens with one attached hydrogen (secondary N) is 2. The molecule has 0 bridgehead atoms. The molecule has 0 unspecified atom stereocenters. The molecular weight excluding hydrogens is 307 g/mol. The number of ketones is 1. The van der Waals surface area contributed by atoms with Gasteiger partial charge in [0.25, 0.3) is 0 Å². The van der Waals surface area contributed by atoms with E-state index in [2.05, 4.69) is 15.6 Å². The van der Waals surface area contributed by atoms with Gasteiger partial charge in [-0.05, 0) is 19.1 Å². The van der Waals surface area contributed by atoms with Crippen LogP contribution in [0.3, 0.4) is 0 Å². The summed E-state index contributed by atoms with van der Waals surface area (Å²) in [4.78, 5) is 37.5. The zero-order valence-electron chi connectivity index (χ0n) is 10.8. The molecule has 1 amide bonds. The van der Waals surface area contributed by atoms with Crippen LogP contribution in [0.1, 0.15) is 20.3 Å². The Morgan fingerprint density at radius 2 is 1.65 bits per heavy atom. The number of amides is 1. The van der Waals surface area contributed by atoms with Gasteiger partial charge in [0.2, 0.25) is 5.91 Å². The van der Waals surface area contributed by atoms with Crippen molar-refractivity contribution in [3.05, 3.63) is 22.2 Å². The van der Waals surface area contributed by atoms with Crippen LogP contribution >= 0.6 is 23.2 Å². The molecule has 8 heteroatoms. The summed E-state index contributed by atoms with van der Waals surface area (Å²) in [6, 6.07) is 2.79. The Morgan fingerprint density at radius 1 is 1.10 bits per heavy atom. The second kappa shape index (κ2) is 7.12. The molecule has 0 aromatic heterocycles. The molecule has 0 spiro atoms. The van der Waals surface area contributed by atoms with Crippen molar-refractivity contribution in [1.82, 2.24) is 0 Å². The summed E-state index contributed by atoms with van der Waals surface area (Å²) < 4.78 is 0. The maximum atomic E-state index is 11.2. The third kappa shape index (κ3) is 5.07. The average Bonchev–Trinajstić information content (AvgIpc) is 2.30. The Hall–Kier alpha value is -1.79. The van der Waals surface area contributed by atoms with E-state index in [4.69, 9.17) is 23.2 Å². The summed E-state index contributed by atoms with van der Waals surface area (Å²) in [7, 11) is 0. The fourth-order valence-electron chi connectivity index (χ4n) is 1.26. The lowest BCUT2D eigenvalue weighted by molar-refractivity contribution is -0.143. The summed E-state index contributed by atoms with van der Waals surface area (Å²) in [6.07, 6.45) is -0.345. The van der Waals surface area contributed by atoms with E-state index in [1.165, 1.54) is 26.0 Å². The van der Waals surface area contributed by atoms with Crippen molar-refractivity contribution in [2.75, 3.05) is 10.8 Å². The Labute approximate surface area is 125 Å². The third-order valence-electron chi connectivity index (χ3n) is 2.04. The normalized spacial score (nSPS) is 9.80. The van der Waals surface area contributed by atoms with Crippen molar-refractivity contribution >= 4 is 52.2 Å². The smallest absolute Gasteiger partial charge is 0.339 e. The number of hydrogen-bond donors (Lipinski definition) is 2. The molecule has 0 aliphatic heterocycles. The SMILES string of the molecule is CC(=O)CC(=O)ONc1cc(Cl)c(NC(C)=O)cc1Cl. The fourth-order valence-corrected chi connectivity index (χ4v) is 1.67. The van der Waals surface area contributed by atoms with E-state index in [0.29, 0.717) is 5.69 Å². The van der Waals surface area contributed by atoms with Crippen LogP contribution in [0.2, 0.25) is 10.0 Å². The number of carbonyl (C=O) groups excluding carboxylic acids is 3. The first-order chi connectivity index (χ1) is 9.29. The molecular formula is C12H12Cl2N2O4. The first kappa shape index (κ1) is 16.3. The lowest BCUT2D eigenvalue weighted by Crippen LogP contribution is -2.13. The number of hydrogen-bond acceptors (Lipinski definition) is 5. The van der Waals surface area contributed by atoms with Crippen LogP contribution in [-0.4, -0.2) is 17.7 Å². The maximum Gasteiger partial charge on any atom is 0.339 e. The Balaban J connectivity index is 2.77. The zero-order valence-corrected chi connectivity index (χ0v) is 12.3. The summed E-state index contributed by atoms with van der Waals surface area (Å²) in [5.74, 6) is -1.35. The number of halogens is 2. The minimum Gasteiger partial charge on any atom is -0.343 e. The van der Waals surface area contributed by atoms with Gasteiger partial charge < -0.3 is 10.2 Å². The van der Waals surface area contributed by atoms with Crippen molar-refractivity contribution < 1.29 is 19.2 Å². The van der Waals surface area contributed by atoms with Gasteiger partial charge in [-0.2, -0.15) is 0 Å². The predicted molar refractivity (Wildman–Crippen MR) is 75.8 cm³/mol. The molecule has 0 fully saturated rings. The molecule has 1 aromatic carbocycles. The van der Waals surface area contributed by atoms with E-state index in [0.717, 1.165) is 0 Å². The highest BCUT2D eigenvalue weighted by Crippen LogP contribution is 2.32. The molecule has 0 aliphatic rings. The van der Waals surface area contributed by atoms with Gasteiger partial charge in [0.1, 0.15) is 12.2 Å². The second-order valence-corrected chi connectivity index (χ2v) is 4.76. The summed E-state index contributed by atoms with van der Waals surface area (Å²) in [5.41, 5.74) is 2.88. The van der Waals surface area contributed by atoms with Gasteiger partial charge in [-0.1, -0.05) is 23.2 Å². The molecule has 20 heavy (non-hydrogen) atoms. The predicted octanol–water partition coefficient (Wildman–Crippen LogP) is 2.80. The maximum absolute atomic E-state index is 11.2. The molecule has 6 nitrogen and oxygen atoms in total. The van der Waals surface area contributed by atoms with E-state index in [1.54, 1.807) is 0 Å². The van der Waals surface area contributed by atoms with E-state index in [9.17, 15) is 14.4 Å². The lowest BCUT2D eigenvalue weighted by atomic mass is 10.3. The summed E-state index contributed by atoms with van der Waals surface area (Å²) in [6.45, 7) is 2.60. The van der Waals surface area contributed by atoms with Crippen LogP contribution in [-0.2, 0) is 19.2 Å². The van der Waals surface area contributed by atoms with Crippen molar-refractivity contribution in [3.63, 3.8) is 0 Å². The van der Waals surface area contributed by atoms with Crippen LogP contribution in [0.4, 0.5) is 11.4 Å². The largest absolute Gasteiger partial charge is 0.343 e. The monoisotopic (exact) mass is 318 g/mol. The number of carbonyl (C=O) groups is 3. The van der Waals surface area contributed by atoms with Gasteiger partial charge in [-0.3, -0.25) is 9.59 Å². The first-order valence-electron chi connectivity index (χ1n) is 5.51. The van der Waals surface area contributed by atoms with Crippen LogP contribution in [0.5, 0.6) is 0 Å². The van der Waals surface area contributed by atoms with E-state index in [-0.39, 0.29) is 33.8 Å². The van der Waals surface area contributed by atoms with Gasteiger partial charge in [-0.15, -0.1) is 0 Å². The minimum atomic E-state index is -0.740. The zero-order chi connectivity index (χ0) is 15.3. The van der Waals surface area contributed by atoms with Crippen LogP contribution in [0, 0.1) is 0 Å². The van der Waals surface area contributed by atoms with E-state index >= 15 is 0 Å². The van der Waals surface area contributed by atoms with Crippen molar-refractivity contribution in [3.8, 4) is 0 Å². The van der Waals surface area contributed by atoms with E-state index in [1.807, 2.05) is 0 Å². The molecule has 0 saturated carbocycles. The summed E-state index contributed by atoms with van der Waals surface area (Å²) >= 11 is 11.9. The van der Waals surface area contributed by atoms with Gasteiger partial charge in [0, 0.05) is 6.92 Å². The van der Waals surface area contributed by atoms with Gasteiger partial charge in [0.05, 0.1) is 21.4 Å². The van der Waals surface area contributed by atoms with Crippen molar-refractivity contribution in [2.45, 2.75) is 20.3 Å². The Bertz CT molecular complexity index is 561. The molecule has 108 valence electrons. The molecule has 0 saturated heterocycles. The quantitative estimate of drug-likeness (QED) is 0.644. The standard InChI is InChI=1S/C12H12Cl2N2O4/c1-6(17)3-12(19)20-16-11-5-8(13)10(4-9(11)14)15-7(2)18/h4-5,16H,3H2,1-2H3,(H,15,18). The second-order valence-electron chi connectivity index (χ2n) is 3.95. The van der Waals surface area contributed by atoms with Gasteiger partial charge >= 0.3 is 5.97 Å². The van der Waals surface area contributed by atoms with Crippen LogP contribution < -0.4 is 10.8 Å². The molecule has 1 rings (SSSR count). The Morgan fingerprint density at radius 3 is 2.20 bits per heavy atom. The number of Topliss-reactive ketones (excluding diaryl/α,β-unsaturated/α-hetero) is 1. The lowest BCUT2D eigenvalue weighted by Gasteiger charge is -2.11. The molecule has 0 aliphatic carbocycles.